The van der Waals surface area contributed by atoms with E-state index in [1.54, 1.807) is 0 Å². The monoisotopic (exact) mass is 1110 g/mol. The van der Waals surface area contributed by atoms with Gasteiger partial charge in [0, 0.05) is 66.1 Å². The number of para-hydroxylation sites is 2. The van der Waals surface area contributed by atoms with Crippen LogP contribution < -0.4 is 15.4 Å². The van der Waals surface area contributed by atoms with Crippen LogP contribution in [0.1, 0.15) is 158 Å². The van der Waals surface area contributed by atoms with E-state index in [1.807, 2.05) is 23.6 Å². The molecule has 0 atom stereocenters. The molecule has 0 spiro atoms. The van der Waals surface area contributed by atoms with E-state index in [-0.39, 0.29) is 32.5 Å². The van der Waals surface area contributed by atoms with Crippen LogP contribution in [0.4, 0.5) is 22.7 Å². The Balaban J connectivity index is 1.03. The Bertz CT molecular complexity index is 4200. The van der Waals surface area contributed by atoms with Gasteiger partial charge in [-0.05, 0) is 150 Å². The number of thiophene rings is 1. The molecule has 83 heavy (non-hydrogen) atoms. The van der Waals surface area contributed by atoms with Gasteiger partial charge in [0.1, 0.15) is 17.3 Å². The molecule has 0 saturated heterocycles. The molecule has 6 heteroatoms. The van der Waals surface area contributed by atoms with Crippen molar-refractivity contribution in [2.75, 3.05) is 10.6 Å². The molecule has 5 nitrogen and oxygen atoms in total. The van der Waals surface area contributed by atoms with Gasteiger partial charge in [-0.3, -0.25) is 4.57 Å². The fourth-order valence-corrected chi connectivity index (χ4v) is 12.8. The van der Waals surface area contributed by atoms with Gasteiger partial charge in [0.05, 0.1) is 28.1 Å². The van der Waals surface area contributed by atoms with Crippen LogP contribution in [-0.2, 0) is 32.5 Å². The maximum atomic E-state index is 6.91. The zero-order chi connectivity index (χ0) is 59.3. The fourth-order valence-electron chi connectivity index (χ4n) is 11.7. The number of nitrogens with one attached hydrogen (secondary N) is 2. The van der Waals surface area contributed by atoms with Crippen molar-refractivity contribution in [2.45, 2.75) is 157 Å². The first kappa shape index (κ1) is 57.2. The van der Waals surface area contributed by atoms with Crippen LogP contribution in [0.3, 0.4) is 0 Å². The van der Waals surface area contributed by atoms with Crippen molar-refractivity contribution < 1.29 is 4.74 Å². The van der Waals surface area contributed by atoms with Crippen molar-refractivity contribution in [2.24, 2.45) is 0 Å². The normalized spacial score (nSPS) is 12.9. The van der Waals surface area contributed by atoms with Crippen LogP contribution in [0.2, 0.25) is 0 Å². The van der Waals surface area contributed by atoms with Gasteiger partial charge in [0.15, 0.2) is 0 Å². The summed E-state index contributed by atoms with van der Waals surface area (Å²) in [5, 5.41) is 12.9. The van der Waals surface area contributed by atoms with Crippen molar-refractivity contribution in [3.63, 3.8) is 0 Å². The van der Waals surface area contributed by atoms with Crippen molar-refractivity contribution >= 4 is 76.1 Å². The summed E-state index contributed by atoms with van der Waals surface area (Å²) in [5.41, 5.74) is 18.3. The number of ether oxygens (including phenoxy) is 1. The van der Waals surface area contributed by atoms with E-state index in [0.29, 0.717) is 0 Å². The molecule has 3 heterocycles. The fraction of sp³-hybridized carbons (Fsp3) is 0.312. The average molecular weight is 1110 g/mol. The maximum absolute atomic E-state index is 6.91. The highest BCUT2D eigenvalue weighted by atomic mass is 32.1. The van der Waals surface area contributed by atoms with Crippen LogP contribution in [-0.4, -0.2) is 9.55 Å². The molecule has 0 aliphatic carbocycles. The number of pyridine rings is 1. The Morgan fingerprint density at radius 1 is 0.398 bits per heavy atom. The molecule has 0 amide bonds. The third-order valence-electron chi connectivity index (χ3n) is 16.6. The van der Waals surface area contributed by atoms with Crippen molar-refractivity contribution in [3.05, 3.63) is 203 Å². The number of nitrogens with zero attached hydrogens (tertiary/aromatic N) is 2. The van der Waals surface area contributed by atoms with E-state index in [0.717, 1.165) is 56.5 Å². The summed E-state index contributed by atoms with van der Waals surface area (Å²) in [7, 11) is 0. The highest BCUT2D eigenvalue weighted by Gasteiger charge is 2.31. The predicted octanol–water partition coefficient (Wildman–Crippen LogP) is 22.9. The summed E-state index contributed by atoms with van der Waals surface area (Å²) in [6.07, 6.45) is 1.95. The maximum Gasteiger partial charge on any atom is 0.137 e. The molecule has 0 fully saturated rings. The van der Waals surface area contributed by atoms with E-state index in [9.17, 15) is 0 Å². The molecule has 0 aliphatic heterocycles. The zero-order valence-corrected chi connectivity index (χ0v) is 53.2. The van der Waals surface area contributed by atoms with Gasteiger partial charge in [0.2, 0.25) is 0 Å². The second kappa shape index (κ2) is 20.6. The van der Waals surface area contributed by atoms with E-state index in [1.165, 1.54) is 81.2 Å². The molecule has 11 aromatic rings. The Hall–Kier alpha value is -7.67. The molecule has 0 aliphatic rings. The standard InChI is InChI=1S/C77H84N4OS/c1-72(2,3)47-30-33-54(61(42-47)76(13,14)15)59-40-50(75(10,11)12)41-60(55-34-31-48(73(4,5)6)43-62(55)77(16,17)18)70(59)80-64-28-21-20-27-63(64)79-51-24-23-25-52(45-51)82-53-32-35-56-57-36-37-67-69(58-26-19-22-29-66(58)83-67)71(57)81(65(56)46-53)68-44-49(38-39-78-68)74(7,8)9/h19-46,79-80H,1-18H3. The van der Waals surface area contributed by atoms with E-state index < -0.39 is 0 Å². The summed E-state index contributed by atoms with van der Waals surface area (Å²) in [6, 6.07) is 60.5. The highest BCUT2D eigenvalue weighted by Crippen LogP contribution is 2.50. The molecule has 11 rings (SSSR count). The lowest BCUT2D eigenvalue weighted by atomic mass is 9.74. The van der Waals surface area contributed by atoms with Gasteiger partial charge in [-0.2, -0.15) is 0 Å². The van der Waals surface area contributed by atoms with Gasteiger partial charge in [0.25, 0.3) is 0 Å². The van der Waals surface area contributed by atoms with Crippen LogP contribution in [0.25, 0.3) is 70.0 Å². The smallest absolute Gasteiger partial charge is 0.137 e. The lowest BCUT2D eigenvalue weighted by Gasteiger charge is -2.32. The number of fused-ring (bicyclic) bond motifs is 7. The number of hydrogen-bond acceptors (Lipinski definition) is 5. The third-order valence-corrected chi connectivity index (χ3v) is 17.7. The van der Waals surface area contributed by atoms with Crippen molar-refractivity contribution in [1.82, 2.24) is 9.55 Å². The van der Waals surface area contributed by atoms with Gasteiger partial charge >= 0.3 is 0 Å². The topological polar surface area (TPSA) is 51.1 Å². The highest BCUT2D eigenvalue weighted by molar-refractivity contribution is 7.26. The van der Waals surface area contributed by atoms with Gasteiger partial charge in [-0.25, -0.2) is 4.98 Å². The SMILES string of the molecule is CC(C)(C)c1ccnc(-n2c3cc(Oc4cccc(Nc5ccccc5Nc5c(-c6ccc(C(C)(C)C)cc6C(C)(C)C)cc(C(C)(C)C)cc5-c5ccc(C(C)(C)C)cc5C(C)(C)C)c4)ccc3c3ccc4sc5ccccc5c4c32)c1. The van der Waals surface area contributed by atoms with Gasteiger partial charge < -0.3 is 15.4 Å². The summed E-state index contributed by atoms with van der Waals surface area (Å²) in [5.74, 6) is 2.36. The summed E-state index contributed by atoms with van der Waals surface area (Å²) >= 11 is 1.84. The van der Waals surface area contributed by atoms with Crippen LogP contribution in [0.15, 0.2) is 170 Å². The summed E-state index contributed by atoms with van der Waals surface area (Å²) < 4.78 is 11.8. The first-order valence-corrected chi connectivity index (χ1v) is 30.5. The number of benzene rings is 8. The number of rotatable bonds is 9. The number of anilines is 4. The summed E-state index contributed by atoms with van der Waals surface area (Å²) in [6.45, 7) is 41.8. The Labute approximate surface area is 498 Å². The second-order valence-electron chi connectivity index (χ2n) is 29.2. The average Bonchev–Trinajstić information content (AvgIpc) is 2.23. The Kier molecular flexibility index (Phi) is 14.2. The molecular weight excluding hydrogens is 1030 g/mol. The van der Waals surface area contributed by atoms with Crippen molar-refractivity contribution in [1.29, 1.82) is 0 Å². The molecule has 3 aromatic heterocycles. The van der Waals surface area contributed by atoms with Crippen LogP contribution in [0, 0.1) is 0 Å². The molecule has 0 saturated carbocycles. The van der Waals surface area contributed by atoms with Crippen LogP contribution in [0.5, 0.6) is 11.5 Å². The molecular formula is C77H84N4OS. The van der Waals surface area contributed by atoms with Gasteiger partial charge in [-0.1, -0.05) is 203 Å². The minimum Gasteiger partial charge on any atom is -0.457 e. The zero-order valence-electron chi connectivity index (χ0n) is 52.4. The largest absolute Gasteiger partial charge is 0.457 e. The van der Waals surface area contributed by atoms with E-state index >= 15 is 0 Å². The molecule has 8 aromatic carbocycles. The van der Waals surface area contributed by atoms with Crippen molar-refractivity contribution in [3.8, 4) is 39.6 Å². The number of hydrogen-bond donors (Lipinski definition) is 2. The van der Waals surface area contributed by atoms with E-state index in [2.05, 4.69) is 298 Å². The summed E-state index contributed by atoms with van der Waals surface area (Å²) in [4.78, 5) is 5.08. The molecule has 0 radical (unpaired) electrons. The lowest BCUT2D eigenvalue weighted by Crippen LogP contribution is -2.19. The van der Waals surface area contributed by atoms with E-state index in [4.69, 9.17) is 9.72 Å². The quantitative estimate of drug-likeness (QED) is 0.151. The Morgan fingerprint density at radius 3 is 1.53 bits per heavy atom. The minimum absolute atomic E-state index is 0.0133. The molecule has 0 bridgehead atoms. The minimum atomic E-state index is -0.144. The second-order valence-corrected chi connectivity index (χ2v) is 30.3. The first-order chi connectivity index (χ1) is 38.9. The van der Waals surface area contributed by atoms with Gasteiger partial charge in [-0.15, -0.1) is 11.3 Å². The molecule has 424 valence electrons. The molecule has 0 unspecified atom stereocenters. The third kappa shape index (κ3) is 11.2. The molecule has 2 N–H and O–H groups in total. The number of aromatic nitrogens is 2. The van der Waals surface area contributed by atoms with Crippen LogP contribution >= 0.6 is 11.3 Å². The lowest BCUT2D eigenvalue weighted by molar-refractivity contribution is 0.483. The predicted molar refractivity (Wildman–Crippen MR) is 361 cm³/mol. The first-order valence-electron chi connectivity index (χ1n) is 29.7. The Morgan fingerprint density at radius 2 is 0.940 bits per heavy atom.